The van der Waals surface area contributed by atoms with Crippen LogP contribution in [0.2, 0.25) is 0 Å². The van der Waals surface area contributed by atoms with E-state index in [-0.39, 0.29) is 11.9 Å². The lowest BCUT2D eigenvalue weighted by Gasteiger charge is -2.43. The van der Waals surface area contributed by atoms with Crippen molar-refractivity contribution >= 4 is 23.9 Å². The number of hydrogen-bond acceptors (Lipinski definition) is 7. The van der Waals surface area contributed by atoms with Gasteiger partial charge in [0.1, 0.15) is 12.1 Å². The van der Waals surface area contributed by atoms with Crippen molar-refractivity contribution in [3.8, 4) is 0 Å². The topological polar surface area (TPSA) is 59.1 Å². The van der Waals surface area contributed by atoms with E-state index in [0.717, 1.165) is 10.5 Å². The third-order valence-electron chi connectivity index (χ3n) is 4.86. The van der Waals surface area contributed by atoms with Crippen molar-refractivity contribution in [1.29, 1.82) is 0 Å². The van der Waals surface area contributed by atoms with E-state index in [1.807, 2.05) is 65.6 Å². The molecule has 1 aliphatic rings. The van der Waals surface area contributed by atoms with Crippen LogP contribution in [0.3, 0.4) is 0 Å². The Labute approximate surface area is 182 Å². The van der Waals surface area contributed by atoms with Crippen molar-refractivity contribution in [1.82, 2.24) is 9.21 Å². The molecule has 7 heteroatoms. The number of ether oxygens (including phenoxy) is 2. The van der Waals surface area contributed by atoms with Gasteiger partial charge in [-0.25, -0.2) is 4.31 Å². The molecule has 1 heterocycles. The van der Waals surface area contributed by atoms with Crippen LogP contribution in [-0.2, 0) is 25.6 Å². The molecule has 0 radical (unpaired) electrons. The Morgan fingerprint density at radius 3 is 1.87 bits per heavy atom. The number of hydrogen-bond donors (Lipinski definition) is 0. The Kier molecular flexibility index (Phi) is 8.30. The van der Waals surface area contributed by atoms with Gasteiger partial charge < -0.3 is 9.47 Å². The normalized spacial score (nSPS) is 19.9. The minimum Gasteiger partial charge on any atom is -0.465 e. The molecule has 0 unspecified atom stereocenters. The Bertz CT molecular complexity index is 790. The SMILES string of the molecule is CCOC(=O)[C@H]1CN(Sc2ccccc2)C[C@@H](C(=O)OCC)N1Cc1ccccc1. The monoisotopic (exact) mass is 428 g/mol. The minimum absolute atomic E-state index is 0.296. The molecule has 0 aliphatic carbocycles. The number of carbonyl (C=O) groups excluding carboxylic acids is 2. The van der Waals surface area contributed by atoms with Crippen LogP contribution in [0.1, 0.15) is 19.4 Å². The molecule has 160 valence electrons. The molecule has 1 aliphatic heterocycles. The van der Waals surface area contributed by atoms with Gasteiger partial charge in [-0.2, -0.15) is 0 Å². The molecule has 1 saturated heterocycles. The van der Waals surface area contributed by atoms with Gasteiger partial charge in [-0.15, -0.1) is 0 Å². The molecule has 0 aromatic heterocycles. The summed E-state index contributed by atoms with van der Waals surface area (Å²) in [5.41, 5.74) is 1.03. The molecule has 2 aromatic rings. The summed E-state index contributed by atoms with van der Waals surface area (Å²) in [7, 11) is 0. The van der Waals surface area contributed by atoms with E-state index in [2.05, 4.69) is 4.31 Å². The van der Waals surface area contributed by atoms with E-state index in [4.69, 9.17) is 9.47 Å². The van der Waals surface area contributed by atoms with Crippen LogP contribution in [0.5, 0.6) is 0 Å². The zero-order chi connectivity index (χ0) is 21.3. The number of benzene rings is 2. The van der Waals surface area contributed by atoms with Crippen molar-refractivity contribution in [2.45, 2.75) is 37.4 Å². The van der Waals surface area contributed by atoms with Gasteiger partial charge in [-0.05, 0) is 43.5 Å². The van der Waals surface area contributed by atoms with Crippen LogP contribution in [0.4, 0.5) is 0 Å². The summed E-state index contributed by atoms with van der Waals surface area (Å²) in [5.74, 6) is -0.637. The molecule has 3 rings (SSSR count). The molecular weight excluding hydrogens is 400 g/mol. The third-order valence-corrected chi connectivity index (χ3v) is 5.90. The van der Waals surface area contributed by atoms with Crippen molar-refractivity contribution in [2.24, 2.45) is 0 Å². The molecular formula is C23H28N2O4S. The fraction of sp³-hybridized carbons (Fsp3) is 0.391. The molecule has 0 bridgehead atoms. The van der Waals surface area contributed by atoms with Gasteiger partial charge in [0.25, 0.3) is 0 Å². The van der Waals surface area contributed by atoms with Crippen LogP contribution in [0.15, 0.2) is 65.6 Å². The van der Waals surface area contributed by atoms with E-state index < -0.39 is 12.1 Å². The van der Waals surface area contributed by atoms with Gasteiger partial charge in [0.05, 0.1) is 13.2 Å². The van der Waals surface area contributed by atoms with E-state index in [1.54, 1.807) is 25.8 Å². The van der Waals surface area contributed by atoms with E-state index >= 15 is 0 Å². The van der Waals surface area contributed by atoms with Crippen molar-refractivity contribution < 1.29 is 19.1 Å². The zero-order valence-electron chi connectivity index (χ0n) is 17.4. The zero-order valence-corrected chi connectivity index (χ0v) is 18.2. The maximum Gasteiger partial charge on any atom is 0.324 e. The molecule has 2 atom stereocenters. The van der Waals surface area contributed by atoms with Crippen LogP contribution in [0.25, 0.3) is 0 Å². The molecule has 6 nitrogen and oxygen atoms in total. The molecule has 0 N–H and O–H groups in total. The predicted octanol–water partition coefficient (Wildman–Crippen LogP) is 3.37. The summed E-state index contributed by atoms with van der Waals surface area (Å²) in [6, 6.07) is 18.7. The van der Waals surface area contributed by atoms with Crippen LogP contribution in [-0.4, -0.2) is 59.5 Å². The highest BCUT2D eigenvalue weighted by Gasteiger charge is 2.43. The summed E-state index contributed by atoms with van der Waals surface area (Å²) in [6.07, 6.45) is 0. The largest absolute Gasteiger partial charge is 0.465 e. The fourth-order valence-electron chi connectivity index (χ4n) is 3.50. The van der Waals surface area contributed by atoms with E-state index in [9.17, 15) is 9.59 Å². The number of piperazine rings is 1. The molecule has 30 heavy (non-hydrogen) atoms. The number of rotatable bonds is 8. The van der Waals surface area contributed by atoms with Crippen LogP contribution < -0.4 is 0 Å². The maximum absolute atomic E-state index is 12.9. The number of carbonyl (C=O) groups is 2. The first-order valence-corrected chi connectivity index (χ1v) is 11.0. The highest BCUT2D eigenvalue weighted by molar-refractivity contribution is 7.97. The molecule has 0 amide bonds. The van der Waals surface area contributed by atoms with E-state index in [0.29, 0.717) is 32.8 Å². The smallest absolute Gasteiger partial charge is 0.324 e. The lowest BCUT2D eigenvalue weighted by atomic mass is 10.1. The van der Waals surface area contributed by atoms with Gasteiger partial charge in [0.15, 0.2) is 0 Å². The Morgan fingerprint density at radius 2 is 1.37 bits per heavy atom. The standard InChI is InChI=1S/C23H28N2O4S/c1-3-28-22(26)20-16-24(30-19-13-9-6-10-14-19)17-21(23(27)29-4-2)25(20)15-18-11-7-5-8-12-18/h5-14,20-21H,3-4,15-17H2,1-2H3/t20-,21+. The van der Waals surface area contributed by atoms with E-state index in [1.165, 1.54) is 0 Å². The molecule has 0 saturated carbocycles. The Hall–Kier alpha value is -2.35. The summed E-state index contributed by atoms with van der Waals surface area (Å²) in [4.78, 5) is 28.7. The van der Waals surface area contributed by atoms with Gasteiger partial charge in [0, 0.05) is 24.5 Å². The van der Waals surface area contributed by atoms with Gasteiger partial charge in [0.2, 0.25) is 0 Å². The third kappa shape index (κ3) is 5.84. The van der Waals surface area contributed by atoms with Gasteiger partial charge >= 0.3 is 11.9 Å². The van der Waals surface area contributed by atoms with Crippen molar-refractivity contribution in [3.63, 3.8) is 0 Å². The Morgan fingerprint density at radius 1 is 0.867 bits per heavy atom. The summed E-state index contributed by atoms with van der Waals surface area (Å²) < 4.78 is 12.8. The van der Waals surface area contributed by atoms with Crippen molar-refractivity contribution in [3.05, 3.63) is 66.2 Å². The van der Waals surface area contributed by atoms with Crippen LogP contribution in [0, 0.1) is 0 Å². The predicted molar refractivity (Wildman–Crippen MR) is 117 cm³/mol. The molecule has 1 fully saturated rings. The fourth-order valence-corrected chi connectivity index (χ4v) is 4.51. The summed E-state index contributed by atoms with van der Waals surface area (Å²) >= 11 is 1.54. The van der Waals surface area contributed by atoms with Crippen LogP contribution >= 0.6 is 11.9 Å². The first kappa shape index (κ1) is 22.3. The number of nitrogens with zero attached hydrogens (tertiary/aromatic N) is 2. The first-order valence-electron chi connectivity index (χ1n) is 10.2. The van der Waals surface area contributed by atoms with Crippen molar-refractivity contribution in [2.75, 3.05) is 26.3 Å². The molecule has 2 aromatic carbocycles. The maximum atomic E-state index is 12.9. The highest BCUT2D eigenvalue weighted by Crippen LogP contribution is 2.30. The first-order chi connectivity index (χ1) is 14.6. The number of esters is 2. The lowest BCUT2D eigenvalue weighted by molar-refractivity contribution is -0.161. The molecule has 0 spiro atoms. The average molecular weight is 429 g/mol. The minimum atomic E-state index is -0.565. The summed E-state index contributed by atoms with van der Waals surface area (Å²) in [5, 5.41) is 0. The second-order valence-electron chi connectivity index (χ2n) is 6.94. The second-order valence-corrected chi connectivity index (χ2v) is 8.12. The highest BCUT2D eigenvalue weighted by atomic mass is 32.2. The Balaban J connectivity index is 1.89. The van der Waals surface area contributed by atoms with Gasteiger partial charge in [-0.3, -0.25) is 14.5 Å². The average Bonchev–Trinajstić information content (AvgIpc) is 2.76. The van der Waals surface area contributed by atoms with Gasteiger partial charge in [-0.1, -0.05) is 48.5 Å². The quantitative estimate of drug-likeness (QED) is 0.472. The second kappa shape index (κ2) is 11.2. The summed E-state index contributed by atoms with van der Waals surface area (Å²) in [6.45, 7) is 5.57. The lowest BCUT2D eigenvalue weighted by Crippen LogP contribution is -2.62.